The van der Waals surface area contributed by atoms with Crippen LogP contribution < -0.4 is 4.57 Å². The van der Waals surface area contributed by atoms with Crippen LogP contribution in [0.3, 0.4) is 0 Å². The van der Waals surface area contributed by atoms with Gasteiger partial charge >= 0.3 is 5.97 Å². The van der Waals surface area contributed by atoms with Crippen molar-refractivity contribution < 1.29 is 28.0 Å². The molecule has 1 heterocycles. The van der Waals surface area contributed by atoms with Crippen LogP contribution in [-0.4, -0.2) is 28.2 Å². The highest BCUT2D eigenvalue weighted by molar-refractivity contribution is 5.81. The molecule has 34 heavy (non-hydrogen) atoms. The molecule has 0 spiro atoms. The van der Waals surface area contributed by atoms with Crippen molar-refractivity contribution in [3.05, 3.63) is 90.0 Å². The molecule has 0 radical (unpaired) electrons. The Balaban J connectivity index is 1.45. The SMILES string of the molecule is Cc1n(CCOC(=O)C(O)(c2ccccc2)C2CCCC(F)(F)C2)cc[n+]1Cc1ccccc1. The van der Waals surface area contributed by atoms with Crippen LogP contribution in [0.2, 0.25) is 0 Å². The van der Waals surface area contributed by atoms with Gasteiger partial charge in [-0.05, 0) is 24.0 Å². The van der Waals surface area contributed by atoms with Crippen LogP contribution >= 0.6 is 0 Å². The number of esters is 1. The summed E-state index contributed by atoms with van der Waals surface area (Å²) in [4.78, 5) is 13.2. The average Bonchev–Trinajstić information content (AvgIpc) is 3.18. The third-order valence-electron chi connectivity index (χ3n) is 6.78. The van der Waals surface area contributed by atoms with Gasteiger partial charge in [-0.3, -0.25) is 0 Å². The third kappa shape index (κ3) is 5.20. The number of hydrogen-bond acceptors (Lipinski definition) is 3. The van der Waals surface area contributed by atoms with Crippen molar-refractivity contribution >= 4 is 5.97 Å². The Bertz CT molecular complexity index is 1100. The number of ether oxygens (including phenoxy) is 1. The first-order valence-electron chi connectivity index (χ1n) is 11.7. The van der Waals surface area contributed by atoms with Crippen molar-refractivity contribution in [2.45, 2.75) is 57.2 Å². The topological polar surface area (TPSA) is 55.3 Å². The van der Waals surface area contributed by atoms with Gasteiger partial charge in [0.2, 0.25) is 5.92 Å². The van der Waals surface area contributed by atoms with E-state index in [0.29, 0.717) is 18.5 Å². The molecule has 0 saturated heterocycles. The predicted octanol–water partition coefficient (Wildman–Crippen LogP) is 4.39. The van der Waals surface area contributed by atoms with Gasteiger partial charge < -0.3 is 9.84 Å². The van der Waals surface area contributed by atoms with Crippen molar-refractivity contribution in [1.82, 2.24) is 4.57 Å². The van der Waals surface area contributed by atoms with Crippen molar-refractivity contribution in [1.29, 1.82) is 0 Å². The van der Waals surface area contributed by atoms with Crippen molar-refractivity contribution in [2.24, 2.45) is 5.92 Å². The normalized spacial score (nSPS) is 19.4. The van der Waals surface area contributed by atoms with E-state index >= 15 is 0 Å². The lowest BCUT2D eigenvalue weighted by Gasteiger charge is -2.39. The van der Waals surface area contributed by atoms with Crippen LogP contribution in [0.15, 0.2) is 73.1 Å². The standard InChI is InChI=1S/C27H31F2N2O3/c1-21-30(15-16-31(21)20-22-9-4-2-5-10-22)17-18-34-25(32)27(33,23-11-6-3-7-12-23)24-13-8-14-26(28,29)19-24/h2-7,9-12,15-16,24,33H,8,13-14,17-20H2,1H3/q+1. The monoisotopic (exact) mass is 469 g/mol. The molecule has 7 heteroatoms. The summed E-state index contributed by atoms with van der Waals surface area (Å²) in [7, 11) is 0. The second-order valence-corrected chi connectivity index (χ2v) is 9.07. The fourth-order valence-corrected chi connectivity index (χ4v) is 4.81. The maximum absolute atomic E-state index is 14.2. The summed E-state index contributed by atoms with van der Waals surface area (Å²) in [6.45, 7) is 3.13. The van der Waals surface area contributed by atoms with Crippen LogP contribution in [0, 0.1) is 12.8 Å². The molecule has 0 bridgehead atoms. The Labute approximate surface area is 198 Å². The number of aliphatic hydroxyl groups is 1. The second-order valence-electron chi connectivity index (χ2n) is 9.07. The van der Waals surface area contributed by atoms with E-state index in [-0.39, 0.29) is 19.4 Å². The highest BCUT2D eigenvalue weighted by Gasteiger charge is 2.52. The van der Waals surface area contributed by atoms with Crippen molar-refractivity contribution in [3.8, 4) is 0 Å². The molecule has 2 atom stereocenters. The molecule has 1 aromatic heterocycles. The molecule has 0 amide bonds. The van der Waals surface area contributed by atoms with Gasteiger partial charge in [0.1, 0.15) is 32.1 Å². The van der Waals surface area contributed by atoms with Gasteiger partial charge in [0.05, 0.1) is 0 Å². The zero-order chi connectivity index (χ0) is 24.2. The van der Waals surface area contributed by atoms with Crippen molar-refractivity contribution in [3.63, 3.8) is 0 Å². The lowest BCUT2D eigenvalue weighted by Crippen LogP contribution is -2.48. The summed E-state index contributed by atoms with van der Waals surface area (Å²) in [6.07, 6.45) is 3.71. The number of halogens is 2. The summed E-state index contributed by atoms with van der Waals surface area (Å²) in [6, 6.07) is 18.4. The molecule has 3 aromatic rings. The van der Waals surface area contributed by atoms with Crippen molar-refractivity contribution in [2.75, 3.05) is 6.61 Å². The zero-order valence-corrected chi connectivity index (χ0v) is 19.4. The molecule has 1 aliphatic rings. The Kier molecular flexibility index (Phi) is 7.12. The minimum absolute atomic E-state index is 0.0257. The summed E-state index contributed by atoms with van der Waals surface area (Å²) in [5, 5.41) is 11.5. The number of imidazole rings is 1. The second kappa shape index (κ2) is 10.1. The van der Waals surface area contributed by atoms with E-state index in [0.717, 1.165) is 12.4 Å². The first-order valence-corrected chi connectivity index (χ1v) is 11.7. The quantitative estimate of drug-likeness (QED) is 0.393. The number of rotatable bonds is 8. The highest BCUT2D eigenvalue weighted by atomic mass is 19.3. The summed E-state index contributed by atoms with van der Waals surface area (Å²) >= 11 is 0. The van der Waals surface area contributed by atoms with Crippen LogP contribution in [-0.2, 0) is 28.2 Å². The summed E-state index contributed by atoms with van der Waals surface area (Å²) in [5.41, 5.74) is -0.637. The van der Waals surface area contributed by atoms with Gasteiger partial charge in [0, 0.05) is 25.7 Å². The Morgan fingerprint density at radius 3 is 2.53 bits per heavy atom. The van der Waals surface area contributed by atoms with Crippen LogP contribution in [0.1, 0.15) is 42.6 Å². The van der Waals surface area contributed by atoms with Gasteiger partial charge in [0.25, 0.3) is 5.82 Å². The molecule has 180 valence electrons. The maximum atomic E-state index is 14.2. The predicted molar refractivity (Wildman–Crippen MR) is 123 cm³/mol. The molecule has 2 unspecified atom stereocenters. The molecule has 4 rings (SSSR count). The number of nitrogens with zero attached hydrogens (tertiary/aromatic N) is 2. The number of carbonyl (C=O) groups excluding carboxylic acids is 1. The highest BCUT2D eigenvalue weighted by Crippen LogP contribution is 2.45. The number of hydrogen-bond donors (Lipinski definition) is 1. The average molecular weight is 470 g/mol. The minimum Gasteiger partial charge on any atom is -0.459 e. The molecule has 2 aromatic carbocycles. The molecule has 1 aliphatic carbocycles. The van der Waals surface area contributed by atoms with E-state index in [1.807, 2.05) is 42.1 Å². The van der Waals surface area contributed by atoms with Gasteiger partial charge in [-0.25, -0.2) is 22.7 Å². The number of aromatic nitrogens is 2. The summed E-state index contributed by atoms with van der Waals surface area (Å²) < 4.78 is 37.9. The van der Waals surface area contributed by atoms with E-state index in [1.54, 1.807) is 30.3 Å². The Morgan fingerprint density at radius 2 is 1.85 bits per heavy atom. The maximum Gasteiger partial charge on any atom is 0.343 e. The molecule has 1 saturated carbocycles. The van der Waals surface area contributed by atoms with E-state index in [2.05, 4.69) is 16.7 Å². The molecular weight excluding hydrogens is 438 g/mol. The van der Waals surface area contributed by atoms with Crippen LogP contribution in [0.25, 0.3) is 0 Å². The first-order chi connectivity index (χ1) is 16.3. The first kappa shape index (κ1) is 24.1. The van der Waals surface area contributed by atoms with E-state index in [1.165, 1.54) is 5.56 Å². The number of alkyl halides is 2. The smallest absolute Gasteiger partial charge is 0.343 e. The molecule has 1 N–H and O–H groups in total. The van der Waals surface area contributed by atoms with Gasteiger partial charge in [-0.15, -0.1) is 0 Å². The zero-order valence-electron chi connectivity index (χ0n) is 19.4. The Morgan fingerprint density at radius 1 is 1.18 bits per heavy atom. The Hall–Kier alpha value is -3.06. The van der Waals surface area contributed by atoms with E-state index in [4.69, 9.17) is 4.74 Å². The van der Waals surface area contributed by atoms with Gasteiger partial charge in [-0.2, -0.15) is 0 Å². The lowest BCUT2D eigenvalue weighted by atomic mass is 9.72. The number of carbonyl (C=O) groups is 1. The van der Waals surface area contributed by atoms with Gasteiger partial charge in [-0.1, -0.05) is 60.7 Å². The van der Waals surface area contributed by atoms with E-state index < -0.39 is 29.8 Å². The lowest BCUT2D eigenvalue weighted by molar-refractivity contribution is -0.694. The molecular formula is C27H31F2N2O3+. The fraction of sp³-hybridized carbons (Fsp3) is 0.407. The minimum atomic E-state index is -2.90. The largest absolute Gasteiger partial charge is 0.459 e. The molecule has 5 nitrogen and oxygen atoms in total. The fourth-order valence-electron chi connectivity index (χ4n) is 4.81. The van der Waals surface area contributed by atoms with Crippen LogP contribution in [0.5, 0.6) is 0 Å². The van der Waals surface area contributed by atoms with Crippen LogP contribution in [0.4, 0.5) is 8.78 Å². The number of benzene rings is 2. The van der Waals surface area contributed by atoms with Gasteiger partial charge in [0.15, 0.2) is 5.60 Å². The molecule has 0 aliphatic heterocycles. The third-order valence-corrected chi connectivity index (χ3v) is 6.78. The summed E-state index contributed by atoms with van der Waals surface area (Å²) in [5.74, 6) is -3.69. The van der Waals surface area contributed by atoms with E-state index in [9.17, 15) is 18.7 Å². The molecule has 1 fully saturated rings.